The molecule has 1 fully saturated rings. The molecule has 1 saturated heterocycles. The normalized spacial score (nSPS) is 14.7. The van der Waals surface area contributed by atoms with Gasteiger partial charge in [0, 0.05) is 38.5 Å². The first kappa shape index (κ1) is 16.0. The van der Waals surface area contributed by atoms with E-state index in [2.05, 4.69) is 0 Å². The predicted octanol–water partition coefficient (Wildman–Crippen LogP) is 1.28. The Morgan fingerprint density at radius 3 is 2.42 bits per heavy atom. The van der Waals surface area contributed by atoms with E-state index in [1.807, 2.05) is 18.2 Å². The first-order valence-corrected chi connectivity index (χ1v) is 7.73. The summed E-state index contributed by atoms with van der Waals surface area (Å²) in [5, 5.41) is 0.802. The molecule has 0 aliphatic carbocycles. The number of hydrogen-bond acceptors (Lipinski definition) is 5. The molecule has 0 N–H and O–H groups in total. The van der Waals surface area contributed by atoms with Crippen molar-refractivity contribution in [2.24, 2.45) is 0 Å². The van der Waals surface area contributed by atoms with E-state index in [1.165, 1.54) is 6.92 Å². The van der Waals surface area contributed by atoms with Crippen LogP contribution in [0.4, 0.5) is 0 Å². The number of esters is 1. The molecule has 126 valence electrons. The topological polar surface area (TPSA) is 80.1 Å². The molecule has 24 heavy (non-hydrogen) atoms. The number of benzene rings is 1. The fourth-order valence-corrected chi connectivity index (χ4v) is 2.64. The van der Waals surface area contributed by atoms with Crippen molar-refractivity contribution in [3.8, 4) is 0 Å². The molecule has 0 radical (unpaired) electrons. The first-order valence-electron chi connectivity index (χ1n) is 7.73. The van der Waals surface area contributed by atoms with Crippen LogP contribution in [0.5, 0.6) is 0 Å². The molecule has 0 unspecified atom stereocenters. The second-order valence-electron chi connectivity index (χ2n) is 5.61. The molecule has 1 aromatic heterocycles. The van der Waals surface area contributed by atoms with Gasteiger partial charge in [-0.15, -0.1) is 0 Å². The Labute approximate surface area is 138 Å². The highest BCUT2D eigenvalue weighted by Gasteiger charge is 2.23. The van der Waals surface area contributed by atoms with Crippen LogP contribution in [-0.2, 0) is 14.3 Å². The smallest absolute Gasteiger partial charge is 0.374 e. The summed E-state index contributed by atoms with van der Waals surface area (Å²) >= 11 is 0. The first-order chi connectivity index (χ1) is 11.5. The number of furan rings is 1. The van der Waals surface area contributed by atoms with Gasteiger partial charge >= 0.3 is 5.97 Å². The Morgan fingerprint density at radius 1 is 1.08 bits per heavy atom. The van der Waals surface area contributed by atoms with Crippen LogP contribution in [-0.4, -0.2) is 60.4 Å². The van der Waals surface area contributed by atoms with Crippen LogP contribution in [0.15, 0.2) is 34.7 Å². The van der Waals surface area contributed by atoms with E-state index in [0.29, 0.717) is 31.8 Å². The van der Waals surface area contributed by atoms with Crippen LogP contribution in [0, 0.1) is 0 Å². The second kappa shape index (κ2) is 6.74. The zero-order valence-electron chi connectivity index (χ0n) is 13.4. The highest BCUT2D eigenvalue weighted by Crippen LogP contribution is 2.19. The van der Waals surface area contributed by atoms with E-state index in [4.69, 9.17) is 9.15 Å². The third-order valence-electron chi connectivity index (χ3n) is 4.03. The summed E-state index contributed by atoms with van der Waals surface area (Å²) in [5.74, 6) is -0.867. The van der Waals surface area contributed by atoms with Crippen molar-refractivity contribution in [2.75, 3.05) is 32.8 Å². The van der Waals surface area contributed by atoms with Gasteiger partial charge in [0.1, 0.15) is 5.58 Å². The molecule has 0 atom stereocenters. The molecule has 0 spiro atoms. The van der Waals surface area contributed by atoms with Crippen LogP contribution >= 0.6 is 0 Å². The van der Waals surface area contributed by atoms with Crippen LogP contribution in [0.1, 0.15) is 17.5 Å². The van der Waals surface area contributed by atoms with Crippen LogP contribution < -0.4 is 0 Å². The zero-order valence-corrected chi connectivity index (χ0v) is 13.4. The monoisotopic (exact) mass is 330 g/mol. The maximum Gasteiger partial charge on any atom is 0.374 e. The molecule has 2 heterocycles. The summed E-state index contributed by atoms with van der Waals surface area (Å²) < 4.78 is 10.4. The van der Waals surface area contributed by atoms with Gasteiger partial charge in [0.25, 0.3) is 5.91 Å². The highest BCUT2D eigenvalue weighted by molar-refractivity contribution is 5.93. The van der Waals surface area contributed by atoms with Crippen molar-refractivity contribution in [3.05, 3.63) is 36.1 Å². The lowest BCUT2D eigenvalue weighted by molar-refractivity contribution is -0.140. The molecule has 1 aromatic carbocycles. The van der Waals surface area contributed by atoms with Crippen LogP contribution in [0.25, 0.3) is 11.0 Å². The van der Waals surface area contributed by atoms with Crippen LogP contribution in [0.3, 0.4) is 0 Å². The van der Waals surface area contributed by atoms with Gasteiger partial charge in [-0.2, -0.15) is 0 Å². The van der Waals surface area contributed by atoms with Gasteiger partial charge in [-0.05, 0) is 12.1 Å². The summed E-state index contributed by atoms with van der Waals surface area (Å²) in [4.78, 5) is 38.6. The number of nitrogens with zero attached hydrogens (tertiary/aromatic N) is 2. The number of rotatable bonds is 3. The number of hydrogen-bond donors (Lipinski definition) is 0. The van der Waals surface area contributed by atoms with Crippen molar-refractivity contribution < 1.29 is 23.5 Å². The van der Waals surface area contributed by atoms with E-state index in [-0.39, 0.29) is 24.2 Å². The Kier molecular flexibility index (Phi) is 4.50. The summed E-state index contributed by atoms with van der Waals surface area (Å²) in [6.45, 7) is 3.06. The van der Waals surface area contributed by atoms with E-state index in [0.717, 1.165) is 5.39 Å². The van der Waals surface area contributed by atoms with Crippen molar-refractivity contribution in [2.45, 2.75) is 6.92 Å². The van der Waals surface area contributed by atoms with Gasteiger partial charge < -0.3 is 19.0 Å². The lowest BCUT2D eigenvalue weighted by Gasteiger charge is -2.34. The highest BCUT2D eigenvalue weighted by atomic mass is 16.5. The van der Waals surface area contributed by atoms with E-state index >= 15 is 0 Å². The SMILES string of the molecule is CC(=O)N1CCN(C(=O)COC(=O)c2cc3ccccc3o2)CC1. The number of carbonyl (C=O) groups is 3. The van der Waals surface area contributed by atoms with Crippen molar-refractivity contribution in [1.29, 1.82) is 0 Å². The molecular weight excluding hydrogens is 312 g/mol. The van der Waals surface area contributed by atoms with Gasteiger partial charge in [0.2, 0.25) is 11.7 Å². The quantitative estimate of drug-likeness (QED) is 0.792. The van der Waals surface area contributed by atoms with Crippen LogP contribution in [0.2, 0.25) is 0 Å². The van der Waals surface area contributed by atoms with Gasteiger partial charge in [0.15, 0.2) is 6.61 Å². The van der Waals surface area contributed by atoms with E-state index in [1.54, 1.807) is 21.9 Å². The fraction of sp³-hybridized carbons (Fsp3) is 0.353. The molecule has 7 heteroatoms. The van der Waals surface area contributed by atoms with Crippen molar-refractivity contribution >= 4 is 28.8 Å². The summed E-state index contributed by atoms with van der Waals surface area (Å²) in [6, 6.07) is 8.83. The number of fused-ring (bicyclic) bond motifs is 1. The number of carbonyl (C=O) groups excluding carboxylic acids is 3. The standard InChI is InChI=1S/C17H18N2O5/c1-12(20)18-6-8-19(9-7-18)16(21)11-23-17(22)15-10-13-4-2-3-5-14(13)24-15/h2-5,10H,6-9,11H2,1H3. The Bertz CT molecular complexity index is 741. The number of piperazine rings is 1. The van der Waals surface area contributed by atoms with Gasteiger partial charge in [-0.1, -0.05) is 18.2 Å². The Hall–Kier alpha value is -2.83. The summed E-state index contributed by atoms with van der Waals surface area (Å²) in [5.41, 5.74) is 0.594. The number of ether oxygens (including phenoxy) is 1. The lowest BCUT2D eigenvalue weighted by atomic mass is 10.2. The molecule has 0 bridgehead atoms. The minimum atomic E-state index is -0.665. The minimum Gasteiger partial charge on any atom is -0.450 e. The molecular formula is C17H18N2O5. The molecule has 2 aromatic rings. The number of para-hydroxylation sites is 1. The molecule has 0 saturated carbocycles. The third-order valence-corrected chi connectivity index (χ3v) is 4.03. The summed E-state index contributed by atoms with van der Waals surface area (Å²) in [7, 11) is 0. The Morgan fingerprint density at radius 2 is 1.75 bits per heavy atom. The average molecular weight is 330 g/mol. The summed E-state index contributed by atoms with van der Waals surface area (Å²) in [6.07, 6.45) is 0. The van der Waals surface area contributed by atoms with Gasteiger partial charge in [-0.25, -0.2) is 4.79 Å². The molecule has 1 aliphatic heterocycles. The van der Waals surface area contributed by atoms with Crippen molar-refractivity contribution in [3.63, 3.8) is 0 Å². The third kappa shape index (κ3) is 3.40. The molecule has 3 rings (SSSR count). The van der Waals surface area contributed by atoms with Crippen molar-refractivity contribution in [1.82, 2.24) is 9.80 Å². The largest absolute Gasteiger partial charge is 0.450 e. The molecule has 1 aliphatic rings. The predicted molar refractivity (Wildman–Crippen MR) is 85.3 cm³/mol. The molecule has 2 amide bonds. The minimum absolute atomic E-state index is 0.00147. The maximum absolute atomic E-state index is 12.1. The van der Waals surface area contributed by atoms with E-state index in [9.17, 15) is 14.4 Å². The maximum atomic E-state index is 12.1. The van der Waals surface area contributed by atoms with E-state index < -0.39 is 5.97 Å². The lowest BCUT2D eigenvalue weighted by Crippen LogP contribution is -2.51. The second-order valence-corrected chi connectivity index (χ2v) is 5.61. The molecule has 7 nitrogen and oxygen atoms in total. The zero-order chi connectivity index (χ0) is 17.1. The Balaban J connectivity index is 1.52. The number of amides is 2. The average Bonchev–Trinajstić information content (AvgIpc) is 3.03. The fourth-order valence-electron chi connectivity index (χ4n) is 2.64. The van der Waals surface area contributed by atoms with Gasteiger partial charge in [-0.3, -0.25) is 9.59 Å². The van der Waals surface area contributed by atoms with Gasteiger partial charge in [0.05, 0.1) is 0 Å².